The molecule has 1 aliphatic heterocycles. The molecule has 9 nitrogen and oxygen atoms in total. The van der Waals surface area contributed by atoms with Crippen LogP contribution >= 0.6 is 0 Å². The Hall–Kier alpha value is -3.10. The van der Waals surface area contributed by atoms with Crippen LogP contribution in [0.15, 0.2) is 32.1 Å². The number of nitrogens with zero attached hydrogens (tertiary/aromatic N) is 4. The number of carbonyl (C=O) groups excluding carboxylic acids is 2. The second-order valence-corrected chi connectivity index (χ2v) is 4.71. The zero-order valence-corrected chi connectivity index (χ0v) is 11.7. The molecule has 3 heterocycles. The zero-order valence-electron chi connectivity index (χ0n) is 11.7. The van der Waals surface area contributed by atoms with E-state index in [-0.39, 0.29) is 16.3 Å². The number of rotatable bonds is 4. The van der Waals surface area contributed by atoms with Gasteiger partial charge in [0.2, 0.25) is 0 Å². The lowest BCUT2D eigenvalue weighted by molar-refractivity contribution is -0.803. The first-order chi connectivity index (χ1) is 10.5. The van der Waals surface area contributed by atoms with E-state index in [2.05, 4.69) is 24.5 Å². The van der Waals surface area contributed by atoms with Crippen molar-refractivity contribution in [3.05, 3.63) is 45.8 Å². The van der Waals surface area contributed by atoms with Gasteiger partial charge in [0.25, 0.3) is 17.3 Å². The summed E-state index contributed by atoms with van der Waals surface area (Å²) in [6.07, 6.45) is 3.01. The van der Waals surface area contributed by atoms with E-state index in [1.807, 2.05) is 0 Å². The molecule has 0 aliphatic carbocycles. The van der Waals surface area contributed by atoms with E-state index in [1.165, 1.54) is 6.26 Å². The van der Waals surface area contributed by atoms with Gasteiger partial charge in [0.1, 0.15) is 12.0 Å². The third kappa shape index (κ3) is 2.03. The molecule has 9 heteroatoms. The first-order valence-electron chi connectivity index (χ1n) is 6.32. The van der Waals surface area contributed by atoms with Crippen LogP contribution in [-0.2, 0) is 0 Å². The standard InChI is InChI=1S/C13H10N4O5/c1-6-3-4-14-8(6)13(19)11-10(16-22-17(11)20)12(18)9-7(2)5-21-15-9/h3,5H,4H2,1-2H3. The van der Waals surface area contributed by atoms with Gasteiger partial charge in [0.15, 0.2) is 5.69 Å². The Kier molecular flexibility index (Phi) is 3.17. The number of aliphatic imine (C=N–C) groups is 1. The minimum Gasteiger partial charge on any atom is -0.364 e. The summed E-state index contributed by atoms with van der Waals surface area (Å²) in [5.74, 6) is -1.44. The van der Waals surface area contributed by atoms with Crippen LogP contribution in [0.4, 0.5) is 0 Å². The fraction of sp³-hybridized carbons (Fsp3) is 0.231. The molecule has 0 spiro atoms. The van der Waals surface area contributed by atoms with Crippen molar-refractivity contribution in [1.29, 1.82) is 0 Å². The molecule has 0 bridgehead atoms. The van der Waals surface area contributed by atoms with E-state index in [0.717, 1.165) is 0 Å². The van der Waals surface area contributed by atoms with Crippen LogP contribution in [0.3, 0.4) is 0 Å². The lowest BCUT2D eigenvalue weighted by Crippen LogP contribution is -2.35. The van der Waals surface area contributed by atoms with Crippen molar-refractivity contribution in [2.75, 3.05) is 6.54 Å². The van der Waals surface area contributed by atoms with Crippen molar-refractivity contribution in [1.82, 2.24) is 10.3 Å². The second kappa shape index (κ2) is 5.02. The summed E-state index contributed by atoms with van der Waals surface area (Å²) in [6.45, 7) is 3.64. The van der Waals surface area contributed by atoms with Gasteiger partial charge in [0.05, 0.1) is 11.7 Å². The number of aromatic nitrogens is 3. The smallest absolute Gasteiger partial charge is 0.302 e. The van der Waals surface area contributed by atoms with Gasteiger partial charge < -0.3 is 9.73 Å². The van der Waals surface area contributed by atoms with Crippen LogP contribution in [0, 0.1) is 12.1 Å². The first kappa shape index (κ1) is 13.9. The van der Waals surface area contributed by atoms with Crippen molar-refractivity contribution in [3.63, 3.8) is 0 Å². The van der Waals surface area contributed by atoms with Crippen molar-refractivity contribution in [2.24, 2.45) is 4.99 Å². The summed E-state index contributed by atoms with van der Waals surface area (Å²) in [5.41, 5.74) is 0.225. The number of hydrogen-bond donors (Lipinski definition) is 0. The van der Waals surface area contributed by atoms with Gasteiger partial charge in [-0.1, -0.05) is 11.2 Å². The summed E-state index contributed by atoms with van der Waals surface area (Å²) in [7, 11) is 0. The highest BCUT2D eigenvalue weighted by Crippen LogP contribution is 2.16. The van der Waals surface area contributed by atoms with Crippen molar-refractivity contribution in [2.45, 2.75) is 13.8 Å². The highest BCUT2D eigenvalue weighted by atomic mass is 16.8. The fourth-order valence-corrected chi connectivity index (χ4v) is 2.06. The predicted octanol–water partition coefficient (Wildman–Crippen LogP) is 0.419. The molecule has 0 fully saturated rings. The van der Waals surface area contributed by atoms with Gasteiger partial charge in [-0.25, -0.2) is 0 Å². The third-order valence-electron chi connectivity index (χ3n) is 3.24. The van der Waals surface area contributed by atoms with Gasteiger partial charge in [-0.15, -0.1) is 0 Å². The molecular weight excluding hydrogens is 292 g/mol. The molecule has 112 valence electrons. The van der Waals surface area contributed by atoms with Gasteiger partial charge in [-0.2, -0.15) is 0 Å². The molecule has 2 aromatic heterocycles. The summed E-state index contributed by atoms with van der Waals surface area (Å²) in [6, 6.07) is 0. The van der Waals surface area contributed by atoms with Gasteiger partial charge in [0, 0.05) is 5.56 Å². The maximum absolute atomic E-state index is 12.4. The van der Waals surface area contributed by atoms with Crippen LogP contribution in [0.2, 0.25) is 0 Å². The first-order valence-corrected chi connectivity index (χ1v) is 6.32. The molecule has 3 rings (SSSR count). The number of ketones is 2. The van der Waals surface area contributed by atoms with Gasteiger partial charge >= 0.3 is 5.69 Å². The van der Waals surface area contributed by atoms with Crippen LogP contribution in [0.25, 0.3) is 0 Å². The molecule has 2 aromatic rings. The molecule has 0 aromatic carbocycles. The van der Waals surface area contributed by atoms with Gasteiger partial charge in [-0.05, 0) is 24.3 Å². The summed E-state index contributed by atoms with van der Waals surface area (Å²) in [5, 5.41) is 18.6. The van der Waals surface area contributed by atoms with E-state index >= 15 is 0 Å². The number of aryl methyl sites for hydroxylation is 1. The van der Waals surface area contributed by atoms with Gasteiger partial charge in [-0.3, -0.25) is 19.2 Å². The second-order valence-electron chi connectivity index (χ2n) is 4.71. The maximum Gasteiger partial charge on any atom is 0.302 e. The predicted molar refractivity (Wildman–Crippen MR) is 70.5 cm³/mol. The maximum atomic E-state index is 12.4. The molecule has 0 N–H and O–H groups in total. The highest BCUT2D eigenvalue weighted by molar-refractivity contribution is 6.51. The Morgan fingerprint density at radius 3 is 2.59 bits per heavy atom. The SMILES string of the molecule is CC1=CCN=C1C(=O)c1c(C(=O)c2nocc2C)no[n+]1[O-]. The zero-order chi connectivity index (χ0) is 15.9. The minimum atomic E-state index is -0.729. The lowest BCUT2D eigenvalue weighted by Gasteiger charge is -1.99. The molecule has 0 saturated carbocycles. The van der Waals surface area contributed by atoms with E-state index in [9.17, 15) is 14.8 Å². The fourth-order valence-electron chi connectivity index (χ4n) is 2.06. The number of allylic oxidation sites excluding steroid dienone is 1. The Balaban J connectivity index is 2.06. The summed E-state index contributed by atoms with van der Waals surface area (Å²) in [4.78, 5) is 28.7. The van der Waals surface area contributed by atoms with E-state index in [4.69, 9.17) is 0 Å². The Bertz CT molecular complexity index is 842. The Labute approximate surface area is 123 Å². The Morgan fingerprint density at radius 2 is 2.00 bits per heavy atom. The molecule has 22 heavy (non-hydrogen) atoms. The average Bonchev–Trinajstić information content (AvgIpc) is 3.18. The van der Waals surface area contributed by atoms with E-state index in [1.54, 1.807) is 19.9 Å². The molecule has 1 aliphatic rings. The van der Waals surface area contributed by atoms with Crippen molar-refractivity contribution >= 4 is 17.3 Å². The van der Waals surface area contributed by atoms with Crippen LogP contribution in [-0.4, -0.2) is 34.1 Å². The molecule has 0 saturated heterocycles. The molecule has 0 unspecified atom stereocenters. The normalized spacial score (nSPS) is 13.9. The molecule has 0 amide bonds. The monoisotopic (exact) mass is 302 g/mol. The molecule has 0 atom stereocenters. The molecule has 0 radical (unpaired) electrons. The minimum absolute atomic E-state index is 0.0384. The van der Waals surface area contributed by atoms with Crippen molar-refractivity contribution < 1.29 is 23.6 Å². The average molecular weight is 302 g/mol. The topological polar surface area (TPSA) is 126 Å². The third-order valence-corrected chi connectivity index (χ3v) is 3.24. The van der Waals surface area contributed by atoms with Crippen LogP contribution in [0.1, 0.15) is 39.2 Å². The number of Topliss-reactive ketones (excluding diaryl/α,β-unsaturated/α-hetero) is 1. The number of hydrogen-bond acceptors (Lipinski definition) is 8. The van der Waals surface area contributed by atoms with Crippen LogP contribution < -0.4 is 4.90 Å². The van der Waals surface area contributed by atoms with E-state index < -0.39 is 23.0 Å². The quantitative estimate of drug-likeness (QED) is 0.591. The van der Waals surface area contributed by atoms with E-state index in [0.29, 0.717) is 17.7 Å². The summed E-state index contributed by atoms with van der Waals surface area (Å²) < 4.78 is 9.09. The Morgan fingerprint density at radius 1 is 1.23 bits per heavy atom. The summed E-state index contributed by atoms with van der Waals surface area (Å²) >= 11 is 0. The van der Waals surface area contributed by atoms with Crippen LogP contribution in [0.5, 0.6) is 0 Å². The highest BCUT2D eigenvalue weighted by Gasteiger charge is 2.37. The van der Waals surface area contributed by atoms with Crippen molar-refractivity contribution in [3.8, 4) is 0 Å². The largest absolute Gasteiger partial charge is 0.364 e. The molecular formula is C13H10N4O5. The number of carbonyl (C=O) groups is 2. The lowest BCUT2D eigenvalue weighted by atomic mass is 10.0.